The number of thiocarbonyl (C=S) groups is 1. The largest absolute Gasteiger partial charge is 0.392 e. The highest BCUT2D eigenvalue weighted by Crippen LogP contribution is 2.17. The van der Waals surface area contributed by atoms with Crippen LogP contribution in [0.4, 0.5) is 0 Å². The zero-order valence-electron chi connectivity index (χ0n) is 11.4. The first-order valence-corrected chi connectivity index (χ1v) is 8.06. The number of nitrogens with one attached hydrogen (secondary N) is 1. The first kappa shape index (κ1) is 16.1. The molecule has 19 heavy (non-hydrogen) atoms. The summed E-state index contributed by atoms with van der Waals surface area (Å²) < 4.78 is 27.2. The Bertz CT molecular complexity index is 568. The van der Waals surface area contributed by atoms with E-state index in [4.69, 9.17) is 18.0 Å². The smallest absolute Gasteiger partial charge is 0.241 e. The van der Waals surface area contributed by atoms with Gasteiger partial charge in [-0.25, -0.2) is 13.1 Å². The van der Waals surface area contributed by atoms with Gasteiger partial charge in [0.1, 0.15) is 0 Å². The predicted octanol–water partition coefficient (Wildman–Crippen LogP) is 2.04. The molecule has 0 saturated heterocycles. The van der Waals surface area contributed by atoms with Crippen molar-refractivity contribution in [3.8, 4) is 0 Å². The molecule has 0 aliphatic carbocycles. The summed E-state index contributed by atoms with van der Waals surface area (Å²) >= 11 is 4.90. The lowest BCUT2D eigenvalue weighted by Gasteiger charge is -2.17. The maximum atomic E-state index is 12.3. The Hall–Kier alpha value is -0.980. The van der Waals surface area contributed by atoms with Crippen molar-refractivity contribution in [1.82, 2.24) is 4.72 Å². The molecule has 1 rings (SSSR count). The monoisotopic (exact) mass is 300 g/mol. The Labute approximate surface area is 120 Å². The molecule has 3 N–H and O–H groups in total. The van der Waals surface area contributed by atoms with Crippen LogP contribution in [0.2, 0.25) is 0 Å². The molecule has 0 bridgehead atoms. The summed E-state index contributed by atoms with van der Waals surface area (Å²) in [5, 5.41) is 0. The van der Waals surface area contributed by atoms with Crippen molar-refractivity contribution in [3.05, 3.63) is 29.3 Å². The van der Waals surface area contributed by atoms with E-state index in [2.05, 4.69) is 4.72 Å². The molecule has 0 aliphatic heterocycles. The quantitative estimate of drug-likeness (QED) is 0.789. The van der Waals surface area contributed by atoms with E-state index in [-0.39, 0.29) is 9.88 Å². The number of hydrogen-bond acceptors (Lipinski definition) is 3. The SMILES string of the molecule is CCCC(NS(=O)(=O)c1ccc(C)cc1C)C(N)=S. The van der Waals surface area contributed by atoms with Gasteiger partial charge in [0.05, 0.1) is 15.9 Å². The summed E-state index contributed by atoms with van der Waals surface area (Å²) in [4.78, 5) is 0.450. The van der Waals surface area contributed by atoms with Crippen molar-refractivity contribution >= 4 is 27.2 Å². The summed E-state index contributed by atoms with van der Waals surface area (Å²) in [7, 11) is -3.59. The highest BCUT2D eigenvalue weighted by Gasteiger charge is 2.22. The molecule has 0 saturated carbocycles. The van der Waals surface area contributed by atoms with Gasteiger partial charge in [-0.3, -0.25) is 0 Å². The number of nitrogens with two attached hydrogens (primary N) is 1. The van der Waals surface area contributed by atoms with Crippen LogP contribution >= 0.6 is 12.2 Å². The van der Waals surface area contributed by atoms with Crippen molar-refractivity contribution in [3.63, 3.8) is 0 Å². The lowest BCUT2D eigenvalue weighted by Crippen LogP contribution is -2.43. The second-order valence-electron chi connectivity index (χ2n) is 4.63. The molecule has 1 unspecified atom stereocenters. The highest BCUT2D eigenvalue weighted by molar-refractivity contribution is 7.89. The Morgan fingerprint density at radius 2 is 2.05 bits per heavy atom. The lowest BCUT2D eigenvalue weighted by molar-refractivity contribution is 0.566. The molecule has 0 aromatic heterocycles. The van der Waals surface area contributed by atoms with Crippen LogP contribution in [0.5, 0.6) is 0 Å². The second-order valence-corrected chi connectivity index (χ2v) is 6.79. The van der Waals surface area contributed by atoms with E-state index in [0.717, 1.165) is 12.0 Å². The molecule has 0 radical (unpaired) electrons. The molecule has 0 fully saturated rings. The fourth-order valence-corrected chi connectivity index (χ4v) is 3.63. The lowest BCUT2D eigenvalue weighted by atomic mass is 10.2. The topological polar surface area (TPSA) is 72.2 Å². The van der Waals surface area contributed by atoms with Gasteiger partial charge in [-0.2, -0.15) is 0 Å². The van der Waals surface area contributed by atoms with Gasteiger partial charge in [0.2, 0.25) is 10.0 Å². The molecule has 6 heteroatoms. The van der Waals surface area contributed by atoms with Gasteiger partial charge in [-0.1, -0.05) is 43.3 Å². The van der Waals surface area contributed by atoms with Gasteiger partial charge < -0.3 is 5.73 Å². The molecule has 1 atom stereocenters. The fourth-order valence-electron chi connectivity index (χ4n) is 1.90. The van der Waals surface area contributed by atoms with E-state index in [1.165, 1.54) is 0 Å². The van der Waals surface area contributed by atoms with Crippen molar-refractivity contribution < 1.29 is 8.42 Å². The normalized spacial score (nSPS) is 13.2. The van der Waals surface area contributed by atoms with Crippen LogP contribution < -0.4 is 10.5 Å². The number of benzene rings is 1. The molecule has 0 aliphatic rings. The van der Waals surface area contributed by atoms with Crippen LogP contribution in [-0.2, 0) is 10.0 Å². The maximum absolute atomic E-state index is 12.3. The summed E-state index contributed by atoms with van der Waals surface area (Å²) in [5.41, 5.74) is 7.31. The fraction of sp³-hybridized carbons (Fsp3) is 0.462. The van der Waals surface area contributed by atoms with E-state index in [0.29, 0.717) is 12.0 Å². The molecule has 0 spiro atoms. The molecule has 1 aromatic carbocycles. The molecule has 4 nitrogen and oxygen atoms in total. The van der Waals surface area contributed by atoms with Gasteiger partial charge in [-0.05, 0) is 31.9 Å². The average Bonchev–Trinajstić information content (AvgIpc) is 2.27. The van der Waals surface area contributed by atoms with Crippen molar-refractivity contribution in [1.29, 1.82) is 0 Å². The van der Waals surface area contributed by atoms with Gasteiger partial charge in [-0.15, -0.1) is 0 Å². The first-order chi connectivity index (χ1) is 8.77. The Morgan fingerprint density at radius 1 is 1.42 bits per heavy atom. The minimum Gasteiger partial charge on any atom is -0.392 e. The van der Waals surface area contributed by atoms with Crippen LogP contribution in [0.3, 0.4) is 0 Å². The molecular formula is C13H20N2O2S2. The minimum absolute atomic E-state index is 0.176. The number of hydrogen-bond donors (Lipinski definition) is 2. The third-order valence-electron chi connectivity index (χ3n) is 2.84. The Kier molecular flexibility index (Phi) is 5.46. The third-order valence-corrected chi connectivity index (χ3v) is 4.75. The van der Waals surface area contributed by atoms with Crippen LogP contribution in [0.25, 0.3) is 0 Å². The van der Waals surface area contributed by atoms with Crippen LogP contribution in [0.1, 0.15) is 30.9 Å². The molecule has 0 amide bonds. The molecule has 106 valence electrons. The van der Waals surface area contributed by atoms with Gasteiger partial charge in [0.25, 0.3) is 0 Å². The van der Waals surface area contributed by atoms with Crippen LogP contribution in [0.15, 0.2) is 23.1 Å². The number of rotatable bonds is 6. The Morgan fingerprint density at radius 3 is 2.53 bits per heavy atom. The van der Waals surface area contributed by atoms with Gasteiger partial charge in [0, 0.05) is 0 Å². The summed E-state index contributed by atoms with van der Waals surface area (Å²) in [5.74, 6) is 0. The highest BCUT2D eigenvalue weighted by atomic mass is 32.2. The van der Waals surface area contributed by atoms with E-state index in [1.54, 1.807) is 19.1 Å². The summed E-state index contributed by atoms with van der Waals surface area (Å²) in [6.07, 6.45) is 1.40. The minimum atomic E-state index is -3.59. The summed E-state index contributed by atoms with van der Waals surface area (Å²) in [6, 6.07) is 4.72. The van der Waals surface area contributed by atoms with Crippen molar-refractivity contribution in [2.75, 3.05) is 0 Å². The predicted molar refractivity (Wildman–Crippen MR) is 81.7 cm³/mol. The number of aryl methyl sites for hydroxylation is 2. The van der Waals surface area contributed by atoms with E-state index >= 15 is 0 Å². The maximum Gasteiger partial charge on any atom is 0.241 e. The molecule has 0 heterocycles. The second kappa shape index (κ2) is 6.45. The average molecular weight is 300 g/mol. The van der Waals surface area contributed by atoms with Gasteiger partial charge in [0.15, 0.2) is 0 Å². The molecular weight excluding hydrogens is 280 g/mol. The van der Waals surface area contributed by atoms with Crippen molar-refractivity contribution in [2.24, 2.45) is 5.73 Å². The van der Waals surface area contributed by atoms with Gasteiger partial charge >= 0.3 is 0 Å². The van der Waals surface area contributed by atoms with E-state index < -0.39 is 16.1 Å². The first-order valence-electron chi connectivity index (χ1n) is 6.17. The van der Waals surface area contributed by atoms with Crippen molar-refractivity contribution in [2.45, 2.75) is 44.6 Å². The Balaban J connectivity index is 3.06. The number of sulfonamides is 1. The van der Waals surface area contributed by atoms with E-state index in [9.17, 15) is 8.42 Å². The molecule has 1 aromatic rings. The summed E-state index contributed by atoms with van der Waals surface area (Å²) in [6.45, 7) is 5.65. The standard InChI is InChI=1S/C13H20N2O2S2/c1-4-5-11(13(14)18)15-19(16,17)12-7-6-9(2)8-10(12)3/h6-8,11,15H,4-5H2,1-3H3,(H2,14,18). The van der Waals surface area contributed by atoms with Crippen LogP contribution in [-0.4, -0.2) is 19.4 Å². The van der Waals surface area contributed by atoms with E-state index in [1.807, 2.05) is 19.9 Å². The third kappa shape index (κ3) is 4.26. The van der Waals surface area contributed by atoms with Crippen LogP contribution in [0, 0.1) is 13.8 Å². The zero-order valence-corrected chi connectivity index (χ0v) is 13.1. The zero-order chi connectivity index (χ0) is 14.6.